The summed E-state index contributed by atoms with van der Waals surface area (Å²) in [4.78, 5) is 4.07. The zero-order chi connectivity index (χ0) is 10.5. The summed E-state index contributed by atoms with van der Waals surface area (Å²) in [5.74, 6) is 0. The number of nitrogens with two attached hydrogens (primary N) is 1. The molecule has 2 N–H and O–H groups in total. The molecule has 15 heavy (non-hydrogen) atoms. The van der Waals surface area contributed by atoms with Crippen LogP contribution in [0.4, 0.5) is 0 Å². The first-order valence-electron chi connectivity index (χ1n) is 5.86. The van der Waals surface area contributed by atoms with E-state index in [9.17, 15) is 0 Å². The van der Waals surface area contributed by atoms with E-state index in [-0.39, 0.29) is 0 Å². The zero-order valence-electron chi connectivity index (χ0n) is 9.19. The van der Waals surface area contributed by atoms with Crippen molar-refractivity contribution in [2.75, 3.05) is 19.6 Å². The molecule has 1 aliphatic rings. The van der Waals surface area contributed by atoms with Crippen LogP contribution in [0.5, 0.6) is 0 Å². The molecule has 1 saturated heterocycles. The van der Waals surface area contributed by atoms with Crippen LogP contribution in [0.3, 0.4) is 0 Å². The lowest BCUT2D eigenvalue weighted by molar-refractivity contribution is 0.155. The van der Waals surface area contributed by atoms with E-state index in [1.165, 1.54) is 43.6 Å². The van der Waals surface area contributed by atoms with Crippen LogP contribution in [0.1, 0.15) is 24.1 Å². The Balaban J connectivity index is 1.81. The number of rotatable bonds is 4. The van der Waals surface area contributed by atoms with Crippen LogP contribution in [-0.4, -0.2) is 30.6 Å². The molecular weight excluding hydrogens is 204 g/mol. The Bertz CT molecular complexity index is 271. The summed E-state index contributed by atoms with van der Waals surface area (Å²) in [6.45, 7) is 3.25. The third-order valence-corrected chi connectivity index (χ3v) is 4.18. The lowest BCUT2D eigenvalue weighted by Gasteiger charge is -2.34. The van der Waals surface area contributed by atoms with Crippen molar-refractivity contribution in [1.82, 2.24) is 4.90 Å². The molecule has 1 atom stereocenters. The van der Waals surface area contributed by atoms with Crippen molar-refractivity contribution in [3.8, 4) is 0 Å². The molecule has 2 nitrogen and oxygen atoms in total. The average molecular weight is 224 g/mol. The molecule has 1 aromatic rings. The van der Waals surface area contributed by atoms with Crippen LogP contribution in [-0.2, 0) is 6.42 Å². The smallest absolute Gasteiger partial charge is 0.0218 e. The van der Waals surface area contributed by atoms with Crippen LogP contribution in [0.25, 0.3) is 0 Å². The predicted molar refractivity (Wildman–Crippen MR) is 66.3 cm³/mol. The van der Waals surface area contributed by atoms with E-state index in [1.54, 1.807) is 0 Å². The van der Waals surface area contributed by atoms with Crippen LogP contribution in [0.15, 0.2) is 17.5 Å². The van der Waals surface area contributed by atoms with Crippen LogP contribution in [0.2, 0.25) is 0 Å². The molecule has 2 heterocycles. The summed E-state index contributed by atoms with van der Waals surface area (Å²) in [6.07, 6.45) is 5.19. The van der Waals surface area contributed by atoms with Gasteiger partial charge < -0.3 is 5.73 Å². The molecule has 0 aliphatic carbocycles. The van der Waals surface area contributed by atoms with E-state index in [0.717, 1.165) is 6.54 Å². The van der Waals surface area contributed by atoms with Gasteiger partial charge in [0.25, 0.3) is 0 Å². The highest BCUT2D eigenvalue weighted by Crippen LogP contribution is 2.17. The number of likely N-dealkylation sites (tertiary alicyclic amines) is 1. The van der Waals surface area contributed by atoms with Gasteiger partial charge >= 0.3 is 0 Å². The molecule has 0 radical (unpaired) electrons. The highest BCUT2D eigenvalue weighted by Gasteiger charge is 2.20. The highest BCUT2D eigenvalue weighted by molar-refractivity contribution is 7.09. The van der Waals surface area contributed by atoms with Crippen LogP contribution < -0.4 is 5.73 Å². The fourth-order valence-corrected chi connectivity index (χ4v) is 3.03. The Hall–Kier alpha value is -0.380. The van der Waals surface area contributed by atoms with E-state index in [4.69, 9.17) is 5.73 Å². The third kappa shape index (κ3) is 3.03. The monoisotopic (exact) mass is 224 g/mol. The average Bonchev–Trinajstić information content (AvgIpc) is 2.79. The predicted octanol–water partition coefficient (Wildman–Crippen LogP) is 2.10. The fraction of sp³-hybridized carbons (Fsp3) is 0.667. The minimum atomic E-state index is 0.638. The maximum absolute atomic E-state index is 5.80. The van der Waals surface area contributed by atoms with Crippen molar-refractivity contribution in [3.63, 3.8) is 0 Å². The summed E-state index contributed by atoms with van der Waals surface area (Å²) in [6, 6.07) is 5.00. The summed E-state index contributed by atoms with van der Waals surface area (Å²) < 4.78 is 0. The third-order valence-electron chi connectivity index (χ3n) is 3.25. The van der Waals surface area contributed by atoms with E-state index in [2.05, 4.69) is 22.4 Å². The molecule has 0 amide bonds. The number of hydrogen-bond donors (Lipinski definition) is 1. The second-order valence-corrected chi connectivity index (χ2v) is 5.28. The van der Waals surface area contributed by atoms with Crippen molar-refractivity contribution in [2.45, 2.75) is 31.7 Å². The lowest BCUT2D eigenvalue weighted by atomic mass is 10.0. The first-order valence-corrected chi connectivity index (χ1v) is 6.74. The number of piperidine rings is 1. The molecule has 1 aliphatic heterocycles. The van der Waals surface area contributed by atoms with Gasteiger partial charge in [0, 0.05) is 24.0 Å². The Morgan fingerprint density at radius 1 is 1.47 bits per heavy atom. The van der Waals surface area contributed by atoms with Crippen molar-refractivity contribution in [2.24, 2.45) is 5.73 Å². The Kier molecular flexibility index (Phi) is 4.18. The van der Waals surface area contributed by atoms with E-state index in [1.807, 2.05) is 11.3 Å². The topological polar surface area (TPSA) is 29.3 Å². The Labute approximate surface area is 96.1 Å². The summed E-state index contributed by atoms with van der Waals surface area (Å²) in [7, 11) is 0. The van der Waals surface area contributed by atoms with Gasteiger partial charge in [-0.15, -0.1) is 11.3 Å². The molecule has 0 bridgehead atoms. The first-order chi connectivity index (χ1) is 7.40. The molecule has 0 aromatic carbocycles. The summed E-state index contributed by atoms with van der Waals surface area (Å²) in [5.41, 5.74) is 5.80. The molecule has 2 rings (SSSR count). The SMILES string of the molecule is NCC1CCCCN1CCc1cccs1. The van der Waals surface area contributed by atoms with E-state index in [0.29, 0.717) is 6.04 Å². The van der Waals surface area contributed by atoms with Crippen molar-refractivity contribution >= 4 is 11.3 Å². The largest absolute Gasteiger partial charge is 0.329 e. The quantitative estimate of drug-likeness (QED) is 0.848. The number of hydrogen-bond acceptors (Lipinski definition) is 3. The fourth-order valence-electron chi connectivity index (χ4n) is 2.33. The minimum absolute atomic E-state index is 0.638. The van der Waals surface area contributed by atoms with Gasteiger partial charge in [0.05, 0.1) is 0 Å². The van der Waals surface area contributed by atoms with Gasteiger partial charge in [-0.05, 0) is 37.3 Å². The zero-order valence-corrected chi connectivity index (χ0v) is 10.0. The van der Waals surface area contributed by atoms with Gasteiger partial charge in [0.15, 0.2) is 0 Å². The maximum Gasteiger partial charge on any atom is 0.0218 e. The Morgan fingerprint density at radius 2 is 2.40 bits per heavy atom. The van der Waals surface area contributed by atoms with Gasteiger partial charge in [0.2, 0.25) is 0 Å². The molecule has 3 heteroatoms. The van der Waals surface area contributed by atoms with Gasteiger partial charge in [-0.3, -0.25) is 4.90 Å². The summed E-state index contributed by atoms with van der Waals surface area (Å²) in [5, 5.41) is 2.16. The molecule has 1 unspecified atom stereocenters. The van der Waals surface area contributed by atoms with Crippen molar-refractivity contribution in [3.05, 3.63) is 22.4 Å². The summed E-state index contributed by atoms with van der Waals surface area (Å²) >= 11 is 1.86. The standard InChI is InChI=1S/C12H20N2S/c13-10-11-4-1-2-7-14(11)8-6-12-5-3-9-15-12/h3,5,9,11H,1-2,4,6-8,10,13H2. The Morgan fingerprint density at radius 3 is 3.13 bits per heavy atom. The lowest BCUT2D eigenvalue weighted by Crippen LogP contribution is -2.44. The normalized spacial score (nSPS) is 23.1. The minimum Gasteiger partial charge on any atom is -0.329 e. The van der Waals surface area contributed by atoms with Gasteiger partial charge in [-0.2, -0.15) is 0 Å². The highest BCUT2D eigenvalue weighted by atomic mass is 32.1. The molecule has 1 aromatic heterocycles. The second-order valence-electron chi connectivity index (χ2n) is 4.25. The van der Waals surface area contributed by atoms with Gasteiger partial charge in [0.1, 0.15) is 0 Å². The molecule has 0 saturated carbocycles. The van der Waals surface area contributed by atoms with Crippen molar-refractivity contribution < 1.29 is 0 Å². The second kappa shape index (κ2) is 5.64. The van der Waals surface area contributed by atoms with E-state index < -0.39 is 0 Å². The molecule has 1 fully saturated rings. The van der Waals surface area contributed by atoms with Crippen LogP contribution in [0, 0.1) is 0 Å². The first kappa shape index (κ1) is 11.1. The maximum atomic E-state index is 5.80. The van der Waals surface area contributed by atoms with Crippen molar-refractivity contribution in [1.29, 1.82) is 0 Å². The molecule has 84 valence electrons. The van der Waals surface area contributed by atoms with E-state index >= 15 is 0 Å². The molecular formula is C12H20N2S. The van der Waals surface area contributed by atoms with Gasteiger partial charge in [-0.25, -0.2) is 0 Å². The number of thiophene rings is 1. The van der Waals surface area contributed by atoms with Crippen LogP contribution >= 0.6 is 11.3 Å². The number of nitrogens with zero attached hydrogens (tertiary/aromatic N) is 1. The van der Waals surface area contributed by atoms with Gasteiger partial charge in [-0.1, -0.05) is 12.5 Å². The molecule has 0 spiro atoms.